The van der Waals surface area contributed by atoms with Crippen LogP contribution in [0.3, 0.4) is 0 Å². The van der Waals surface area contributed by atoms with Crippen molar-refractivity contribution in [3.8, 4) is 0 Å². The SMILES string of the molecule is Cc1nc2ccccc2c(=O)n1N=C(N=Nc1cc(Cl)ccc1Cl)c1ccccc1. The maximum atomic E-state index is 13.0. The number of hydrogen-bond acceptors (Lipinski definition) is 4. The number of benzene rings is 3. The van der Waals surface area contributed by atoms with Gasteiger partial charge in [-0.15, -0.1) is 15.3 Å². The number of aromatic nitrogens is 2. The van der Waals surface area contributed by atoms with Crippen LogP contribution in [0.15, 0.2) is 92.9 Å². The molecule has 8 heteroatoms. The van der Waals surface area contributed by atoms with Crippen molar-refractivity contribution in [3.05, 3.63) is 105 Å². The summed E-state index contributed by atoms with van der Waals surface area (Å²) in [7, 11) is 0. The third-order valence-corrected chi connectivity index (χ3v) is 4.86. The first-order chi connectivity index (χ1) is 14.5. The van der Waals surface area contributed by atoms with Gasteiger partial charge in [0.1, 0.15) is 11.5 Å². The third kappa shape index (κ3) is 4.15. The summed E-state index contributed by atoms with van der Waals surface area (Å²) in [6.07, 6.45) is 0. The van der Waals surface area contributed by atoms with Crippen LogP contribution in [0.2, 0.25) is 10.0 Å². The van der Waals surface area contributed by atoms with Gasteiger partial charge in [0.2, 0.25) is 5.84 Å². The minimum Gasteiger partial charge on any atom is -0.267 e. The van der Waals surface area contributed by atoms with Gasteiger partial charge < -0.3 is 0 Å². The lowest BCUT2D eigenvalue weighted by atomic mass is 10.2. The minimum atomic E-state index is -0.289. The topological polar surface area (TPSA) is 72.0 Å². The normalized spacial score (nSPS) is 12.0. The summed E-state index contributed by atoms with van der Waals surface area (Å²) in [6, 6.07) is 21.3. The molecule has 0 saturated carbocycles. The number of amidine groups is 1. The maximum absolute atomic E-state index is 13.0. The van der Waals surface area contributed by atoms with E-state index in [1.54, 1.807) is 43.3 Å². The van der Waals surface area contributed by atoms with Crippen molar-refractivity contribution in [1.82, 2.24) is 9.66 Å². The maximum Gasteiger partial charge on any atom is 0.282 e. The third-order valence-electron chi connectivity index (χ3n) is 4.30. The molecule has 0 unspecified atom stereocenters. The number of fused-ring (bicyclic) bond motifs is 1. The van der Waals surface area contributed by atoms with E-state index in [2.05, 4.69) is 20.3 Å². The quantitative estimate of drug-likeness (QED) is 0.224. The number of para-hydroxylation sites is 1. The first-order valence-corrected chi connectivity index (χ1v) is 9.78. The Balaban J connectivity index is 1.88. The number of nitrogens with zero attached hydrogens (tertiary/aromatic N) is 5. The van der Waals surface area contributed by atoms with Crippen LogP contribution in [0.4, 0.5) is 5.69 Å². The Labute approximate surface area is 182 Å². The highest BCUT2D eigenvalue weighted by molar-refractivity contribution is 6.35. The summed E-state index contributed by atoms with van der Waals surface area (Å²) in [4.78, 5) is 17.5. The van der Waals surface area contributed by atoms with Crippen LogP contribution in [0.25, 0.3) is 10.9 Å². The Morgan fingerprint density at radius 3 is 2.50 bits per heavy atom. The first-order valence-electron chi connectivity index (χ1n) is 9.02. The molecule has 0 aliphatic carbocycles. The Morgan fingerprint density at radius 2 is 1.70 bits per heavy atom. The summed E-state index contributed by atoms with van der Waals surface area (Å²) >= 11 is 12.2. The molecule has 1 aromatic heterocycles. The zero-order chi connectivity index (χ0) is 21.1. The summed E-state index contributed by atoms with van der Waals surface area (Å²) < 4.78 is 1.23. The second kappa shape index (κ2) is 8.57. The molecule has 0 fully saturated rings. The fourth-order valence-corrected chi connectivity index (χ4v) is 3.16. The van der Waals surface area contributed by atoms with E-state index in [0.717, 1.165) is 0 Å². The fraction of sp³-hybridized carbons (Fsp3) is 0.0455. The molecule has 0 atom stereocenters. The predicted octanol–water partition coefficient (Wildman–Crippen LogP) is 6.01. The van der Waals surface area contributed by atoms with E-state index in [1.165, 1.54) is 4.68 Å². The van der Waals surface area contributed by atoms with E-state index in [0.29, 0.717) is 38.0 Å². The van der Waals surface area contributed by atoms with Gasteiger partial charge in [0.25, 0.3) is 5.56 Å². The molecular weight excluding hydrogens is 421 g/mol. The summed E-state index contributed by atoms with van der Waals surface area (Å²) in [5, 5.41) is 14.3. The summed E-state index contributed by atoms with van der Waals surface area (Å²) in [5.41, 5.74) is 1.40. The van der Waals surface area contributed by atoms with Gasteiger partial charge in [-0.3, -0.25) is 4.79 Å². The number of aryl methyl sites for hydroxylation is 1. The van der Waals surface area contributed by atoms with Crippen molar-refractivity contribution in [1.29, 1.82) is 0 Å². The van der Waals surface area contributed by atoms with Gasteiger partial charge in [-0.25, -0.2) is 4.98 Å². The van der Waals surface area contributed by atoms with Crippen LogP contribution >= 0.6 is 23.2 Å². The molecule has 0 saturated heterocycles. The van der Waals surface area contributed by atoms with Crippen LogP contribution in [-0.4, -0.2) is 15.5 Å². The minimum absolute atomic E-state index is 0.230. The molecule has 1 heterocycles. The number of azo groups is 1. The number of halogens is 2. The van der Waals surface area contributed by atoms with E-state index >= 15 is 0 Å². The number of rotatable bonds is 3. The van der Waals surface area contributed by atoms with Gasteiger partial charge in [0, 0.05) is 10.6 Å². The van der Waals surface area contributed by atoms with Crippen LogP contribution in [0.1, 0.15) is 11.4 Å². The fourth-order valence-electron chi connectivity index (χ4n) is 2.83. The summed E-state index contributed by atoms with van der Waals surface area (Å²) in [5.74, 6) is 0.664. The second-order valence-electron chi connectivity index (χ2n) is 6.38. The zero-order valence-electron chi connectivity index (χ0n) is 15.8. The highest BCUT2D eigenvalue weighted by atomic mass is 35.5. The van der Waals surface area contributed by atoms with E-state index < -0.39 is 0 Å². The summed E-state index contributed by atoms with van der Waals surface area (Å²) in [6.45, 7) is 1.71. The van der Waals surface area contributed by atoms with Crippen molar-refractivity contribution >= 4 is 45.6 Å². The number of hydrogen-bond donors (Lipinski definition) is 0. The standard InChI is InChI=1S/C22H15Cl2N5O/c1-14-25-19-10-6-5-9-17(19)22(30)29(14)28-21(15-7-3-2-4-8-15)27-26-20-13-16(23)11-12-18(20)24/h2-13H,1H3. The molecule has 30 heavy (non-hydrogen) atoms. The van der Waals surface area contributed by atoms with Crippen molar-refractivity contribution in [2.24, 2.45) is 15.3 Å². The van der Waals surface area contributed by atoms with Gasteiger partial charge in [-0.05, 0) is 37.3 Å². The Kier molecular flexibility index (Phi) is 5.70. The lowest BCUT2D eigenvalue weighted by Gasteiger charge is -2.07. The molecule has 148 valence electrons. The van der Waals surface area contributed by atoms with Crippen molar-refractivity contribution in [2.45, 2.75) is 6.92 Å². The molecule has 0 aliphatic heterocycles. The molecule has 0 bridgehead atoms. The van der Waals surface area contributed by atoms with E-state index in [4.69, 9.17) is 23.2 Å². The molecule has 0 aliphatic rings. The van der Waals surface area contributed by atoms with Crippen LogP contribution in [0.5, 0.6) is 0 Å². The lowest BCUT2D eigenvalue weighted by Crippen LogP contribution is -2.22. The molecule has 0 radical (unpaired) electrons. The van der Waals surface area contributed by atoms with E-state index in [1.807, 2.05) is 36.4 Å². The van der Waals surface area contributed by atoms with E-state index in [-0.39, 0.29) is 11.4 Å². The van der Waals surface area contributed by atoms with Gasteiger partial charge >= 0.3 is 0 Å². The monoisotopic (exact) mass is 435 g/mol. The second-order valence-corrected chi connectivity index (χ2v) is 7.22. The molecular formula is C22H15Cl2N5O. The van der Waals surface area contributed by atoms with Crippen LogP contribution < -0.4 is 5.56 Å². The average molecular weight is 436 g/mol. The average Bonchev–Trinajstić information content (AvgIpc) is 2.76. The molecule has 4 rings (SSSR count). The van der Waals surface area contributed by atoms with Crippen molar-refractivity contribution in [3.63, 3.8) is 0 Å². The Morgan fingerprint density at radius 1 is 0.967 bits per heavy atom. The largest absolute Gasteiger partial charge is 0.282 e. The van der Waals surface area contributed by atoms with Gasteiger partial charge in [0.05, 0.1) is 15.9 Å². The molecule has 0 spiro atoms. The van der Waals surface area contributed by atoms with Crippen molar-refractivity contribution < 1.29 is 0 Å². The molecule has 6 nitrogen and oxygen atoms in total. The highest BCUT2D eigenvalue weighted by Gasteiger charge is 2.10. The van der Waals surface area contributed by atoms with Crippen molar-refractivity contribution in [2.75, 3.05) is 0 Å². The van der Waals surface area contributed by atoms with Gasteiger partial charge in [-0.2, -0.15) is 4.68 Å². The zero-order valence-corrected chi connectivity index (χ0v) is 17.3. The molecule has 0 amide bonds. The van der Waals surface area contributed by atoms with E-state index in [9.17, 15) is 4.79 Å². The highest BCUT2D eigenvalue weighted by Crippen LogP contribution is 2.28. The van der Waals surface area contributed by atoms with Crippen LogP contribution in [-0.2, 0) is 0 Å². The predicted molar refractivity (Wildman–Crippen MR) is 120 cm³/mol. The van der Waals surface area contributed by atoms with Gasteiger partial charge in [-0.1, -0.05) is 65.7 Å². The van der Waals surface area contributed by atoms with Crippen LogP contribution in [0, 0.1) is 6.92 Å². The van der Waals surface area contributed by atoms with Gasteiger partial charge in [0.15, 0.2) is 0 Å². The first kappa shape index (κ1) is 19.9. The smallest absolute Gasteiger partial charge is 0.267 e. The lowest BCUT2D eigenvalue weighted by molar-refractivity contribution is 0.764. The Bertz CT molecular complexity index is 1350. The molecule has 3 aromatic carbocycles. The molecule has 0 N–H and O–H groups in total. The molecule has 4 aromatic rings. The Hall–Kier alpha value is -3.35.